The van der Waals surface area contributed by atoms with Gasteiger partial charge in [0, 0.05) is 29.5 Å². The van der Waals surface area contributed by atoms with Crippen LogP contribution in [0.3, 0.4) is 0 Å². The zero-order chi connectivity index (χ0) is 24.2. The maximum atomic E-state index is 12.8. The number of pyridine rings is 1. The number of aryl methyl sites for hydroxylation is 2. The first-order chi connectivity index (χ1) is 17.0. The molecule has 0 saturated carbocycles. The van der Waals surface area contributed by atoms with Gasteiger partial charge in [-0.2, -0.15) is 0 Å². The molecule has 0 radical (unpaired) electrons. The molecule has 3 heterocycles. The van der Waals surface area contributed by atoms with E-state index in [1.54, 1.807) is 24.9 Å². The molecule has 2 aromatic carbocycles. The molecule has 9 heteroatoms. The molecule has 0 atom stereocenters. The van der Waals surface area contributed by atoms with E-state index >= 15 is 0 Å². The van der Waals surface area contributed by atoms with Crippen LogP contribution in [0.25, 0.3) is 5.69 Å². The van der Waals surface area contributed by atoms with Crippen LogP contribution in [0.5, 0.6) is 0 Å². The maximum Gasteiger partial charge on any atom is 0.267 e. The molecule has 5 rings (SSSR count). The molecular formula is C26H23N7OS. The lowest BCUT2D eigenvalue weighted by Gasteiger charge is -2.10. The molecule has 174 valence electrons. The summed E-state index contributed by atoms with van der Waals surface area (Å²) in [7, 11) is 0. The van der Waals surface area contributed by atoms with Gasteiger partial charge in [0.2, 0.25) is 0 Å². The first-order valence-electron chi connectivity index (χ1n) is 11.0. The number of benzene rings is 2. The van der Waals surface area contributed by atoms with Gasteiger partial charge in [-0.3, -0.25) is 4.79 Å². The Hall–Kier alpha value is -4.50. The van der Waals surface area contributed by atoms with Gasteiger partial charge in [0.25, 0.3) is 5.91 Å². The number of aromatic nitrogens is 4. The largest absolute Gasteiger partial charge is 0.340 e. The van der Waals surface area contributed by atoms with Crippen molar-refractivity contribution in [2.24, 2.45) is 0 Å². The highest BCUT2D eigenvalue weighted by Gasteiger charge is 2.13. The first kappa shape index (κ1) is 22.3. The van der Waals surface area contributed by atoms with Crippen LogP contribution in [0.2, 0.25) is 0 Å². The number of rotatable bonds is 7. The number of carbonyl (C=O) groups excluding carboxylic acids is 1. The summed E-state index contributed by atoms with van der Waals surface area (Å²) < 4.78 is 1.89. The second kappa shape index (κ2) is 9.78. The molecule has 0 spiro atoms. The number of anilines is 5. The molecule has 0 aliphatic carbocycles. The molecule has 3 N–H and O–H groups in total. The summed E-state index contributed by atoms with van der Waals surface area (Å²) in [5.41, 5.74) is 5.55. The van der Waals surface area contributed by atoms with Crippen LogP contribution in [0, 0.1) is 13.8 Å². The summed E-state index contributed by atoms with van der Waals surface area (Å²) in [6, 6.07) is 17.6. The predicted octanol–water partition coefficient (Wildman–Crippen LogP) is 6.08. The van der Waals surface area contributed by atoms with Gasteiger partial charge >= 0.3 is 0 Å². The van der Waals surface area contributed by atoms with E-state index in [1.165, 1.54) is 11.3 Å². The minimum Gasteiger partial charge on any atom is -0.340 e. The van der Waals surface area contributed by atoms with Crippen LogP contribution in [0.1, 0.15) is 20.8 Å². The lowest BCUT2D eigenvalue weighted by Crippen LogP contribution is -2.12. The van der Waals surface area contributed by atoms with Crippen molar-refractivity contribution >= 4 is 45.3 Å². The standard InChI is InChI=1S/C26H23N7OS/c1-17-5-3-6-18(2)24(17)32-25(34)22-15-29-26(35-22)31-20-8-4-7-19(13-20)30-23-10-9-21(14-28-23)33-12-11-27-16-33/h3-16H,1-2H3,(H,28,30)(H,29,31)(H,32,34). The monoisotopic (exact) mass is 481 g/mol. The zero-order valence-corrected chi connectivity index (χ0v) is 20.0. The van der Waals surface area contributed by atoms with Crippen molar-refractivity contribution in [2.75, 3.05) is 16.0 Å². The number of thiazole rings is 1. The molecule has 0 aliphatic rings. The minimum absolute atomic E-state index is 0.173. The van der Waals surface area contributed by atoms with E-state index in [2.05, 4.69) is 30.9 Å². The van der Waals surface area contributed by atoms with E-state index in [-0.39, 0.29) is 5.91 Å². The van der Waals surface area contributed by atoms with Crippen molar-refractivity contribution in [3.05, 3.63) is 102 Å². The normalized spacial score (nSPS) is 10.7. The molecule has 0 saturated heterocycles. The molecular weight excluding hydrogens is 458 g/mol. The summed E-state index contributed by atoms with van der Waals surface area (Å²) in [5, 5.41) is 10.2. The number of para-hydroxylation sites is 1. The smallest absolute Gasteiger partial charge is 0.267 e. The summed E-state index contributed by atoms with van der Waals surface area (Å²) in [4.78, 5) is 26.2. The van der Waals surface area contributed by atoms with Gasteiger partial charge in [-0.1, -0.05) is 35.6 Å². The number of nitrogens with one attached hydrogen (secondary N) is 3. The highest BCUT2D eigenvalue weighted by Crippen LogP contribution is 2.27. The highest BCUT2D eigenvalue weighted by atomic mass is 32.1. The third-order valence-electron chi connectivity index (χ3n) is 5.39. The Bertz CT molecular complexity index is 1440. The Kier molecular flexibility index (Phi) is 6.23. The van der Waals surface area contributed by atoms with Crippen LogP contribution >= 0.6 is 11.3 Å². The number of amides is 1. The van der Waals surface area contributed by atoms with Crippen LogP contribution in [-0.2, 0) is 0 Å². The zero-order valence-electron chi connectivity index (χ0n) is 19.2. The Balaban J connectivity index is 1.24. The number of nitrogens with zero attached hydrogens (tertiary/aromatic N) is 4. The van der Waals surface area contributed by atoms with Crippen LogP contribution in [-0.4, -0.2) is 25.4 Å². The van der Waals surface area contributed by atoms with Crippen molar-refractivity contribution in [3.63, 3.8) is 0 Å². The molecule has 0 unspecified atom stereocenters. The quantitative estimate of drug-likeness (QED) is 0.261. The number of hydrogen-bond acceptors (Lipinski definition) is 7. The Morgan fingerprint density at radius 3 is 2.40 bits per heavy atom. The highest BCUT2D eigenvalue weighted by molar-refractivity contribution is 7.17. The fourth-order valence-electron chi connectivity index (χ4n) is 3.59. The van der Waals surface area contributed by atoms with Crippen molar-refractivity contribution in [3.8, 4) is 5.69 Å². The average molecular weight is 482 g/mol. The predicted molar refractivity (Wildman–Crippen MR) is 140 cm³/mol. The van der Waals surface area contributed by atoms with Crippen molar-refractivity contribution in [1.29, 1.82) is 0 Å². The minimum atomic E-state index is -0.173. The van der Waals surface area contributed by atoms with Gasteiger partial charge < -0.3 is 20.5 Å². The second-order valence-corrected chi connectivity index (χ2v) is 8.98. The Labute approximate surface area is 206 Å². The number of carbonyl (C=O) groups is 1. The van der Waals surface area contributed by atoms with Gasteiger partial charge in [0.05, 0.1) is 24.4 Å². The second-order valence-electron chi connectivity index (χ2n) is 7.95. The van der Waals surface area contributed by atoms with E-state index in [1.807, 2.05) is 79.2 Å². The summed E-state index contributed by atoms with van der Waals surface area (Å²) in [6.45, 7) is 3.96. The first-order valence-corrected chi connectivity index (χ1v) is 11.8. The lowest BCUT2D eigenvalue weighted by molar-refractivity contribution is 0.103. The van der Waals surface area contributed by atoms with E-state index in [4.69, 9.17) is 0 Å². The fourth-order valence-corrected chi connectivity index (χ4v) is 4.33. The summed E-state index contributed by atoms with van der Waals surface area (Å²) in [6.07, 6.45) is 8.71. The average Bonchev–Trinajstić information content (AvgIpc) is 3.55. The molecule has 0 aliphatic heterocycles. The SMILES string of the molecule is Cc1cccc(C)c1NC(=O)c1cnc(Nc2cccc(Nc3ccc(-n4ccnc4)cn3)c2)s1. The van der Waals surface area contributed by atoms with Crippen molar-refractivity contribution < 1.29 is 4.79 Å². The van der Waals surface area contributed by atoms with Crippen molar-refractivity contribution in [1.82, 2.24) is 19.5 Å². The maximum absolute atomic E-state index is 12.8. The molecule has 1 amide bonds. The summed E-state index contributed by atoms with van der Waals surface area (Å²) >= 11 is 1.30. The topological polar surface area (TPSA) is 96.8 Å². The Morgan fingerprint density at radius 1 is 0.914 bits per heavy atom. The van der Waals surface area contributed by atoms with Crippen LogP contribution in [0.4, 0.5) is 28.0 Å². The third kappa shape index (κ3) is 5.20. The number of hydrogen-bond donors (Lipinski definition) is 3. The van der Waals surface area contributed by atoms with Gasteiger partial charge in [0.1, 0.15) is 10.7 Å². The van der Waals surface area contributed by atoms with Gasteiger partial charge in [-0.15, -0.1) is 0 Å². The lowest BCUT2D eigenvalue weighted by atomic mass is 10.1. The van der Waals surface area contributed by atoms with Gasteiger partial charge in [-0.05, 0) is 55.3 Å². The molecule has 8 nitrogen and oxygen atoms in total. The van der Waals surface area contributed by atoms with E-state index in [0.717, 1.165) is 39.7 Å². The van der Waals surface area contributed by atoms with Gasteiger partial charge in [0.15, 0.2) is 5.13 Å². The Morgan fingerprint density at radius 2 is 1.69 bits per heavy atom. The molecule has 35 heavy (non-hydrogen) atoms. The van der Waals surface area contributed by atoms with E-state index in [0.29, 0.717) is 10.0 Å². The fraction of sp³-hybridized carbons (Fsp3) is 0.0769. The van der Waals surface area contributed by atoms with Crippen LogP contribution in [0.15, 0.2) is 85.7 Å². The van der Waals surface area contributed by atoms with E-state index in [9.17, 15) is 4.79 Å². The summed E-state index contributed by atoms with van der Waals surface area (Å²) in [5.74, 6) is 0.555. The van der Waals surface area contributed by atoms with E-state index < -0.39 is 0 Å². The molecule has 0 bridgehead atoms. The van der Waals surface area contributed by atoms with Gasteiger partial charge in [-0.25, -0.2) is 15.0 Å². The number of imidazole rings is 1. The van der Waals surface area contributed by atoms with Crippen LogP contribution < -0.4 is 16.0 Å². The molecule has 5 aromatic rings. The van der Waals surface area contributed by atoms with Crippen molar-refractivity contribution in [2.45, 2.75) is 13.8 Å². The third-order valence-corrected chi connectivity index (χ3v) is 6.30. The molecule has 3 aromatic heterocycles. The molecule has 0 fully saturated rings.